The van der Waals surface area contributed by atoms with Crippen LogP contribution in [0, 0.1) is 0 Å². The van der Waals surface area contributed by atoms with Gasteiger partial charge in [-0.25, -0.2) is 0 Å². The molecular weight excluding hydrogens is 289 g/mol. The highest BCUT2D eigenvalue weighted by Gasteiger charge is 2.19. The van der Waals surface area contributed by atoms with E-state index in [1.165, 1.54) is 17.7 Å². The third kappa shape index (κ3) is 1.82. The molecular formula is C11H14INO. The predicted molar refractivity (Wildman–Crippen MR) is 67.5 cm³/mol. The Hall–Kier alpha value is -0.450. The van der Waals surface area contributed by atoms with Crippen molar-refractivity contribution in [3.05, 3.63) is 23.8 Å². The summed E-state index contributed by atoms with van der Waals surface area (Å²) < 4.78 is 6.20. The van der Waals surface area contributed by atoms with Crippen LogP contribution in [0.25, 0.3) is 0 Å². The number of rotatable bonds is 2. The maximum atomic E-state index is 5.59. The number of fused-ring (bicyclic) bond motifs is 1. The fourth-order valence-electron chi connectivity index (χ4n) is 1.75. The molecule has 1 heterocycles. The Morgan fingerprint density at radius 1 is 1.57 bits per heavy atom. The zero-order valence-electron chi connectivity index (χ0n) is 8.22. The highest BCUT2D eigenvalue weighted by molar-refractivity contribution is 14.1. The fourth-order valence-corrected chi connectivity index (χ4v) is 2.58. The van der Waals surface area contributed by atoms with Gasteiger partial charge < -0.3 is 10.1 Å². The first-order chi connectivity index (χ1) is 6.83. The molecule has 14 heavy (non-hydrogen) atoms. The molecule has 1 aromatic carbocycles. The second kappa shape index (κ2) is 4.38. The number of hydrogen-bond acceptors (Lipinski definition) is 2. The molecule has 0 spiro atoms. The second-order valence-electron chi connectivity index (χ2n) is 3.34. The van der Waals surface area contributed by atoms with Gasteiger partial charge in [-0.2, -0.15) is 0 Å². The summed E-state index contributed by atoms with van der Waals surface area (Å²) in [6.07, 6.45) is 1.20. The van der Waals surface area contributed by atoms with Gasteiger partial charge >= 0.3 is 0 Å². The van der Waals surface area contributed by atoms with Gasteiger partial charge in [0.1, 0.15) is 5.75 Å². The van der Waals surface area contributed by atoms with Crippen molar-refractivity contribution in [2.24, 2.45) is 0 Å². The molecule has 2 rings (SSSR count). The number of para-hydroxylation sites is 1. The molecule has 1 N–H and O–H groups in total. The Balaban J connectivity index is 2.39. The highest BCUT2D eigenvalue weighted by Crippen LogP contribution is 2.41. The van der Waals surface area contributed by atoms with Crippen LogP contribution in [0.2, 0.25) is 0 Å². The molecule has 0 saturated carbocycles. The third-order valence-corrected chi connectivity index (χ3v) is 3.69. The lowest BCUT2D eigenvalue weighted by molar-refractivity contribution is 0.341. The van der Waals surface area contributed by atoms with Crippen molar-refractivity contribution in [1.29, 1.82) is 0 Å². The van der Waals surface area contributed by atoms with Crippen molar-refractivity contribution in [2.75, 3.05) is 18.5 Å². The minimum absolute atomic E-state index is 0.615. The molecule has 0 aliphatic carbocycles. The molecule has 0 aromatic heterocycles. The standard InChI is InChI=1S/C11H14INO/c1-2-14-10-5-3-4-8-9(12)6-7-13-11(8)10/h3-5,9,13H,2,6-7H2,1H3. The van der Waals surface area contributed by atoms with Crippen molar-refractivity contribution in [3.63, 3.8) is 0 Å². The van der Waals surface area contributed by atoms with Crippen LogP contribution in [0.3, 0.4) is 0 Å². The predicted octanol–water partition coefficient (Wildman–Crippen LogP) is 3.38. The van der Waals surface area contributed by atoms with Crippen LogP contribution in [0.5, 0.6) is 5.75 Å². The highest BCUT2D eigenvalue weighted by atomic mass is 127. The molecule has 0 saturated heterocycles. The maximum Gasteiger partial charge on any atom is 0.142 e. The fraction of sp³-hybridized carbons (Fsp3) is 0.455. The van der Waals surface area contributed by atoms with Crippen molar-refractivity contribution < 1.29 is 4.74 Å². The summed E-state index contributed by atoms with van der Waals surface area (Å²) in [6.45, 7) is 3.79. The Labute approximate surface area is 98.2 Å². The van der Waals surface area contributed by atoms with Crippen LogP contribution < -0.4 is 10.1 Å². The molecule has 0 amide bonds. The van der Waals surface area contributed by atoms with E-state index in [0.717, 1.165) is 18.9 Å². The normalized spacial score (nSPS) is 19.7. The Kier molecular flexibility index (Phi) is 3.15. The summed E-state index contributed by atoms with van der Waals surface area (Å²) in [4.78, 5) is 0. The first kappa shape index (κ1) is 10.1. The molecule has 1 unspecified atom stereocenters. The number of halogens is 1. The lowest BCUT2D eigenvalue weighted by Crippen LogP contribution is -2.14. The van der Waals surface area contributed by atoms with Crippen molar-refractivity contribution in [3.8, 4) is 5.75 Å². The molecule has 76 valence electrons. The van der Waals surface area contributed by atoms with E-state index in [9.17, 15) is 0 Å². The van der Waals surface area contributed by atoms with Gasteiger partial charge in [-0.1, -0.05) is 34.7 Å². The number of benzene rings is 1. The van der Waals surface area contributed by atoms with Crippen LogP contribution in [0.1, 0.15) is 22.8 Å². The Morgan fingerprint density at radius 2 is 2.43 bits per heavy atom. The quantitative estimate of drug-likeness (QED) is 0.668. The monoisotopic (exact) mass is 303 g/mol. The molecule has 3 heteroatoms. The van der Waals surface area contributed by atoms with E-state index in [1.54, 1.807) is 0 Å². The average Bonchev–Trinajstić information content (AvgIpc) is 2.20. The van der Waals surface area contributed by atoms with Crippen LogP contribution in [-0.4, -0.2) is 13.2 Å². The zero-order chi connectivity index (χ0) is 9.97. The smallest absolute Gasteiger partial charge is 0.142 e. The first-order valence-corrected chi connectivity index (χ1v) is 6.21. The van der Waals surface area contributed by atoms with E-state index < -0.39 is 0 Å². The molecule has 0 fully saturated rings. The third-order valence-electron chi connectivity index (χ3n) is 2.40. The average molecular weight is 303 g/mol. The zero-order valence-corrected chi connectivity index (χ0v) is 10.4. The Bertz CT molecular complexity index is 327. The van der Waals surface area contributed by atoms with Gasteiger partial charge in [0, 0.05) is 10.5 Å². The molecule has 0 radical (unpaired) electrons. The minimum Gasteiger partial charge on any atom is -0.492 e. The van der Waals surface area contributed by atoms with Gasteiger partial charge in [-0.05, 0) is 25.0 Å². The van der Waals surface area contributed by atoms with Crippen molar-refractivity contribution in [2.45, 2.75) is 17.3 Å². The molecule has 1 aliphatic heterocycles. The van der Waals surface area contributed by atoms with Crippen LogP contribution in [-0.2, 0) is 0 Å². The SMILES string of the molecule is CCOc1cccc2c1NCCC2I. The van der Waals surface area contributed by atoms with Crippen LogP contribution >= 0.6 is 22.6 Å². The summed E-state index contributed by atoms with van der Waals surface area (Å²) >= 11 is 2.50. The lowest BCUT2D eigenvalue weighted by atomic mass is 10.0. The van der Waals surface area contributed by atoms with E-state index in [2.05, 4.69) is 40.0 Å². The van der Waals surface area contributed by atoms with E-state index >= 15 is 0 Å². The topological polar surface area (TPSA) is 21.3 Å². The van der Waals surface area contributed by atoms with Gasteiger partial charge in [0.05, 0.1) is 12.3 Å². The van der Waals surface area contributed by atoms with E-state index in [-0.39, 0.29) is 0 Å². The summed E-state index contributed by atoms with van der Waals surface area (Å²) in [6, 6.07) is 6.29. The largest absolute Gasteiger partial charge is 0.492 e. The van der Waals surface area contributed by atoms with E-state index in [1.807, 2.05) is 13.0 Å². The number of alkyl halides is 1. The van der Waals surface area contributed by atoms with Crippen molar-refractivity contribution >= 4 is 28.3 Å². The summed E-state index contributed by atoms with van der Waals surface area (Å²) in [5.74, 6) is 0.992. The number of nitrogens with one attached hydrogen (secondary N) is 1. The van der Waals surface area contributed by atoms with Crippen molar-refractivity contribution in [1.82, 2.24) is 0 Å². The number of hydrogen-bond donors (Lipinski definition) is 1. The molecule has 2 nitrogen and oxygen atoms in total. The number of ether oxygens (including phenoxy) is 1. The van der Waals surface area contributed by atoms with Crippen LogP contribution in [0.15, 0.2) is 18.2 Å². The van der Waals surface area contributed by atoms with Gasteiger partial charge in [-0.3, -0.25) is 0 Å². The minimum atomic E-state index is 0.615. The van der Waals surface area contributed by atoms with Crippen LogP contribution in [0.4, 0.5) is 5.69 Å². The van der Waals surface area contributed by atoms with Gasteiger partial charge in [0.2, 0.25) is 0 Å². The second-order valence-corrected chi connectivity index (χ2v) is 4.84. The summed E-state index contributed by atoms with van der Waals surface area (Å²) in [5, 5.41) is 3.42. The maximum absolute atomic E-state index is 5.59. The molecule has 0 bridgehead atoms. The summed E-state index contributed by atoms with van der Waals surface area (Å²) in [7, 11) is 0. The van der Waals surface area contributed by atoms with Gasteiger partial charge in [0.15, 0.2) is 0 Å². The molecule has 1 atom stereocenters. The Morgan fingerprint density at radius 3 is 3.21 bits per heavy atom. The lowest BCUT2D eigenvalue weighted by Gasteiger charge is -2.24. The van der Waals surface area contributed by atoms with E-state index in [4.69, 9.17) is 4.74 Å². The number of anilines is 1. The first-order valence-electron chi connectivity index (χ1n) is 4.96. The van der Waals surface area contributed by atoms with Gasteiger partial charge in [0.25, 0.3) is 0 Å². The van der Waals surface area contributed by atoms with E-state index in [0.29, 0.717) is 3.92 Å². The molecule has 1 aliphatic rings. The summed E-state index contributed by atoms with van der Waals surface area (Å²) in [5.41, 5.74) is 2.57. The molecule has 1 aromatic rings. The van der Waals surface area contributed by atoms with Gasteiger partial charge in [-0.15, -0.1) is 0 Å².